The van der Waals surface area contributed by atoms with Crippen LogP contribution in [0.1, 0.15) is 10.4 Å². The molecule has 3 N–H and O–H groups in total. The first kappa shape index (κ1) is 17.3. The minimum Gasteiger partial charge on any atom is -0.379 e. The van der Waals surface area contributed by atoms with Crippen LogP contribution < -0.4 is 11.1 Å². The maximum atomic E-state index is 13.8. The van der Waals surface area contributed by atoms with E-state index in [-0.39, 0.29) is 31.2 Å². The summed E-state index contributed by atoms with van der Waals surface area (Å²) in [6.07, 6.45) is 0. The zero-order valence-corrected chi connectivity index (χ0v) is 12.9. The molecule has 2 rings (SSSR count). The summed E-state index contributed by atoms with van der Waals surface area (Å²) in [6, 6.07) is 2.92. The SMILES string of the molecule is NC(=O)CNC(=O)c1cc(S(=O)(=O)N2CCOCC2)ccc1F. The Bertz CT molecular complexity index is 716. The number of hydrogen-bond acceptors (Lipinski definition) is 5. The Morgan fingerprint density at radius 1 is 1.30 bits per heavy atom. The monoisotopic (exact) mass is 345 g/mol. The summed E-state index contributed by atoms with van der Waals surface area (Å²) in [6.45, 7) is 0.434. The number of ether oxygens (including phenoxy) is 1. The highest BCUT2D eigenvalue weighted by molar-refractivity contribution is 7.89. The predicted molar refractivity (Wildman–Crippen MR) is 77.5 cm³/mol. The largest absolute Gasteiger partial charge is 0.379 e. The number of halogens is 1. The lowest BCUT2D eigenvalue weighted by Gasteiger charge is -2.26. The average Bonchev–Trinajstić information content (AvgIpc) is 2.53. The Morgan fingerprint density at radius 3 is 2.57 bits per heavy atom. The molecule has 1 aliphatic heterocycles. The Morgan fingerprint density at radius 2 is 1.96 bits per heavy atom. The molecule has 1 saturated heterocycles. The van der Waals surface area contributed by atoms with Gasteiger partial charge in [0.2, 0.25) is 15.9 Å². The van der Waals surface area contributed by atoms with Gasteiger partial charge in [-0.15, -0.1) is 0 Å². The van der Waals surface area contributed by atoms with Crippen LogP contribution in [0.15, 0.2) is 23.1 Å². The first-order chi connectivity index (χ1) is 10.8. The van der Waals surface area contributed by atoms with Gasteiger partial charge in [-0.2, -0.15) is 4.31 Å². The number of sulfonamides is 1. The standard InChI is InChI=1S/C13H16FN3O5S/c14-11-2-1-9(7-10(11)13(19)16-8-12(15)18)23(20,21)17-3-5-22-6-4-17/h1-2,7H,3-6,8H2,(H2,15,18)(H,16,19). The van der Waals surface area contributed by atoms with E-state index in [2.05, 4.69) is 5.32 Å². The van der Waals surface area contributed by atoms with Gasteiger partial charge in [0.05, 0.1) is 30.2 Å². The van der Waals surface area contributed by atoms with Crippen molar-refractivity contribution in [2.24, 2.45) is 5.73 Å². The molecule has 0 bridgehead atoms. The molecular formula is C13H16FN3O5S. The average molecular weight is 345 g/mol. The fourth-order valence-corrected chi connectivity index (χ4v) is 3.47. The van der Waals surface area contributed by atoms with Gasteiger partial charge in [-0.3, -0.25) is 9.59 Å². The number of nitrogens with two attached hydrogens (primary N) is 1. The number of nitrogens with one attached hydrogen (secondary N) is 1. The number of nitrogens with zero attached hydrogens (tertiary/aromatic N) is 1. The molecule has 1 aliphatic rings. The molecule has 10 heteroatoms. The summed E-state index contributed by atoms with van der Waals surface area (Å²) in [5.41, 5.74) is 4.42. The lowest BCUT2D eigenvalue weighted by atomic mass is 10.2. The van der Waals surface area contributed by atoms with Crippen molar-refractivity contribution in [2.45, 2.75) is 4.90 Å². The lowest BCUT2D eigenvalue weighted by Crippen LogP contribution is -2.40. The number of carbonyl (C=O) groups is 2. The topological polar surface area (TPSA) is 119 Å². The van der Waals surface area contributed by atoms with Gasteiger partial charge in [-0.25, -0.2) is 12.8 Å². The molecule has 1 aromatic rings. The molecule has 0 saturated carbocycles. The number of morpholine rings is 1. The van der Waals surface area contributed by atoms with E-state index >= 15 is 0 Å². The van der Waals surface area contributed by atoms with Crippen LogP contribution in [0.5, 0.6) is 0 Å². The molecule has 0 spiro atoms. The Hall–Kier alpha value is -2.04. The van der Waals surface area contributed by atoms with Crippen molar-refractivity contribution in [1.82, 2.24) is 9.62 Å². The summed E-state index contributed by atoms with van der Waals surface area (Å²) in [5.74, 6) is -2.61. The minimum absolute atomic E-state index is 0.183. The molecule has 0 aromatic heterocycles. The third kappa shape index (κ3) is 4.03. The summed E-state index contributed by atoms with van der Waals surface area (Å²) in [4.78, 5) is 22.3. The summed E-state index contributed by atoms with van der Waals surface area (Å²) < 4.78 is 45.0. The maximum absolute atomic E-state index is 13.8. The van der Waals surface area contributed by atoms with Crippen molar-refractivity contribution in [1.29, 1.82) is 0 Å². The molecule has 23 heavy (non-hydrogen) atoms. The maximum Gasteiger partial charge on any atom is 0.254 e. The highest BCUT2D eigenvalue weighted by Crippen LogP contribution is 2.20. The summed E-state index contributed by atoms with van der Waals surface area (Å²) in [5, 5.41) is 2.12. The molecule has 2 amide bonds. The van der Waals surface area contributed by atoms with Crippen LogP contribution in [0.2, 0.25) is 0 Å². The first-order valence-electron chi connectivity index (χ1n) is 6.76. The number of amides is 2. The number of primary amides is 1. The van der Waals surface area contributed by atoms with E-state index in [4.69, 9.17) is 10.5 Å². The molecule has 126 valence electrons. The molecule has 0 aliphatic carbocycles. The Kier molecular flexibility index (Phi) is 5.29. The first-order valence-corrected chi connectivity index (χ1v) is 8.20. The molecule has 0 unspecified atom stereocenters. The van der Waals surface area contributed by atoms with E-state index < -0.39 is 39.8 Å². The predicted octanol–water partition coefficient (Wildman–Crippen LogP) is -0.938. The number of hydrogen-bond donors (Lipinski definition) is 2. The summed E-state index contributed by atoms with van der Waals surface area (Å²) >= 11 is 0. The molecule has 1 heterocycles. The van der Waals surface area contributed by atoms with Gasteiger partial charge >= 0.3 is 0 Å². The molecule has 0 atom stereocenters. The van der Waals surface area contributed by atoms with Crippen molar-refractivity contribution in [2.75, 3.05) is 32.8 Å². The molecule has 1 fully saturated rings. The number of benzene rings is 1. The van der Waals surface area contributed by atoms with Crippen molar-refractivity contribution < 1.29 is 27.1 Å². The van der Waals surface area contributed by atoms with Crippen molar-refractivity contribution in [3.63, 3.8) is 0 Å². The smallest absolute Gasteiger partial charge is 0.254 e. The zero-order chi connectivity index (χ0) is 17.0. The highest BCUT2D eigenvalue weighted by Gasteiger charge is 2.27. The second-order valence-corrected chi connectivity index (χ2v) is 6.75. The van der Waals surface area contributed by atoms with Crippen LogP contribution in [0, 0.1) is 5.82 Å². The van der Waals surface area contributed by atoms with Gasteiger partial charge < -0.3 is 15.8 Å². The van der Waals surface area contributed by atoms with Crippen LogP contribution in [-0.4, -0.2) is 57.4 Å². The van der Waals surface area contributed by atoms with Gasteiger partial charge in [0.15, 0.2) is 0 Å². The number of rotatable bonds is 5. The third-order valence-electron chi connectivity index (χ3n) is 3.21. The fourth-order valence-electron chi connectivity index (χ4n) is 2.04. The second kappa shape index (κ2) is 7.02. The van der Waals surface area contributed by atoms with Gasteiger partial charge in [0.1, 0.15) is 5.82 Å². The lowest BCUT2D eigenvalue weighted by molar-refractivity contribution is -0.117. The van der Waals surface area contributed by atoms with Crippen molar-refractivity contribution in [3.8, 4) is 0 Å². The Labute approximate surface area is 132 Å². The second-order valence-electron chi connectivity index (χ2n) is 4.81. The highest BCUT2D eigenvalue weighted by atomic mass is 32.2. The van der Waals surface area contributed by atoms with E-state index in [0.717, 1.165) is 18.2 Å². The Balaban J connectivity index is 2.28. The van der Waals surface area contributed by atoms with Crippen LogP contribution in [0.4, 0.5) is 4.39 Å². The number of carbonyl (C=O) groups excluding carboxylic acids is 2. The van der Waals surface area contributed by atoms with Gasteiger partial charge in [-0.05, 0) is 18.2 Å². The third-order valence-corrected chi connectivity index (χ3v) is 5.11. The fraction of sp³-hybridized carbons (Fsp3) is 0.385. The molecule has 1 aromatic carbocycles. The van der Waals surface area contributed by atoms with Crippen molar-refractivity contribution >= 4 is 21.8 Å². The van der Waals surface area contributed by atoms with E-state index in [9.17, 15) is 22.4 Å². The molecular weight excluding hydrogens is 329 g/mol. The van der Waals surface area contributed by atoms with Crippen LogP contribution in [0.3, 0.4) is 0 Å². The normalized spacial score (nSPS) is 16.0. The van der Waals surface area contributed by atoms with E-state index in [1.807, 2.05) is 0 Å². The van der Waals surface area contributed by atoms with Crippen LogP contribution >= 0.6 is 0 Å². The quantitative estimate of drug-likeness (QED) is 0.714. The van der Waals surface area contributed by atoms with Gasteiger partial charge in [0.25, 0.3) is 5.91 Å². The van der Waals surface area contributed by atoms with Gasteiger partial charge in [0, 0.05) is 13.1 Å². The minimum atomic E-state index is -3.85. The molecule has 8 nitrogen and oxygen atoms in total. The molecule has 0 radical (unpaired) electrons. The van der Waals surface area contributed by atoms with E-state index in [0.29, 0.717) is 0 Å². The summed E-state index contributed by atoms with van der Waals surface area (Å²) in [7, 11) is -3.85. The van der Waals surface area contributed by atoms with E-state index in [1.54, 1.807) is 0 Å². The van der Waals surface area contributed by atoms with Crippen molar-refractivity contribution in [3.05, 3.63) is 29.6 Å². The van der Waals surface area contributed by atoms with Crippen LogP contribution in [-0.2, 0) is 19.6 Å². The van der Waals surface area contributed by atoms with Gasteiger partial charge in [-0.1, -0.05) is 0 Å². The van der Waals surface area contributed by atoms with E-state index in [1.165, 1.54) is 4.31 Å². The zero-order valence-electron chi connectivity index (χ0n) is 12.1. The van der Waals surface area contributed by atoms with Crippen LogP contribution in [0.25, 0.3) is 0 Å².